The highest BCUT2D eigenvalue weighted by Gasteiger charge is 2.35. The third-order valence-corrected chi connectivity index (χ3v) is 6.23. The molecule has 1 aliphatic carbocycles. The van der Waals surface area contributed by atoms with Gasteiger partial charge in [-0.3, -0.25) is 4.79 Å². The van der Waals surface area contributed by atoms with E-state index in [1.54, 1.807) is 22.3 Å². The second-order valence-electron chi connectivity index (χ2n) is 8.72. The molecule has 1 saturated carbocycles. The van der Waals surface area contributed by atoms with Gasteiger partial charge in [-0.1, -0.05) is 40.0 Å². The van der Waals surface area contributed by atoms with E-state index in [9.17, 15) is 4.79 Å². The van der Waals surface area contributed by atoms with Gasteiger partial charge in [-0.25, -0.2) is 9.67 Å². The molecule has 148 valence electrons. The van der Waals surface area contributed by atoms with Crippen LogP contribution in [0.1, 0.15) is 70.0 Å². The predicted molar refractivity (Wildman–Crippen MR) is 105 cm³/mol. The first-order valence-corrected chi connectivity index (χ1v) is 10.7. The first kappa shape index (κ1) is 19.9. The molecule has 0 aromatic carbocycles. The molecule has 3 rings (SSSR count). The van der Waals surface area contributed by atoms with Crippen LogP contribution >= 0.6 is 11.3 Å². The number of carbonyl (C=O) groups is 1. The van der Waals surface area contributed by atoms with Crippen LogP contribution in [0.5, 0.6) is 0 Å². The minimum atomic E-state index is -0.0295. The summed E-state index contributed by atoms with van der Waals surface area (Å²) in [5, 5.41) is 17.8. The average molecular weight is 391 g/mol. The molecule has 2 aromatic rings. The SMILES string of the molecule is CC(C)(C)c1csc(CCNC(=O)CC2(Cn3cnnn3)CCCCC2)n1. The van der Waals surface area contributed by atoms with Crippen LogP contribution in [-0.4, -0.2) is 37.6 Å². The number of hydrogen-bond acceptors (Lipinski definition) is 6. The summed E-state index contributed by atoms with van der Waals surface area (Å²) in [5.74, 6) is 0.123. The minimum Gasteiger partial charge on any atom is -0.356 e. The maximum atomic E-state index is 12.6. The van der Waals surface area contributed by atoms with Crippen LogP contribution in [0.2, 0.25) is 0 Å². The minimum absolute atomic E-state index is 0.0295. The van der Waals surface area contributed by atoms with E-state index >= 15 is 0 Å². The lowest BCUT2D eigenvalue weighted by Gasteiger charge is -2.36. The molecule has 1 aliphatic rings. The summed E-state index contributed by atoms with van der Waals surface area (Å²) in [7, 11) is 0. The Hall–Kier alpha value is -1.83. The Bertz CT molecular complexity index is 728. The highest BCUT2D eigenvalue weighted by molar-refractivity contribution is 7.09. The van der Waals surface area contributed by atoms with E-state index in [0.717, 1.165) is 36.5 Å². The Kier molecular flexibility index (Phi) is 6.24. The van der Waals surface area contributed by atoms with E-state index in [-0.39, 0.29) is 16.7 Å². The number of thiazole rings is 1. The van der Waals surface area contributed by atoms with E-state index in [0.29, 0.717) is 13.0 Å². The van der Waals surface area contributed by atoms with Crippen LogP contribution in [-0.2, 0) is 23.2 Å². The molecular formula is C19H30N6OS. The smallest absolute Gasteiger partial charge is 0.220 e. The monoisotopic (exact) mass is 390 g/mol. The lowest BCUT2D eigenvalue weighted by Crippen LogP contribution is -2.37. The van der Waals surface area contributed by atoms with Gasteiger partial charge in [0.25, 0.3) is 0 Å². The van der Waals surface area contributed by atoms with E-state index in [1.165, 1.54) is 19.3 Å². The number of nitrogens with zero attached hydrogens (tertiary/aromatic N) is 5. The molecule has 2 aromatic heterocycles. The van der Waals surface area contributed by atoms with Gasteiger partial charge < -0.3 is 5.32 Å². The van der Waals surface area contributed by atoms with Gasteiger partial charge in [0.2, 0.25) is 5.91 Å². The van der Waals surface area contributed by atoms with Gasteiger partial charge in [0.15, 0.2) is 0 Å². The summed E-state index contributed by atoms with van der Waals surface area (Å²) in [4.78, 5) is 17.3. The van der Waals surface area contributed by atoms with Crippen molar-refractivity contribution in [3.63, 3.8) is 0 Å². The highest BCUT2D eigenvalue weighted by atomic mass is 32.1. The zero-order chi connectivity index (χ0) is 19.3. The van der Waals surface area contributed by atoms with E-state index < -0.39 is 0 Å². The van der Waals surface area contributed by atoms with Gasteiger partial charge in [0.1, 0.15) is 6.33 Å². The number of amides is 1. The largest absolute Gasteiger partial charge is 0.356 e. The molecule has 1 amide bonds. The van der Waals surface area contributed by atoms with Crippen molar-refractivity contribution in [2.75, 3.05) is 6.54 Å². The van der Waals surface area contributed by atoms with E-state index in [2.05, 4.69) is 47.0 Å². The lowest BCUT2D eigenvalue weighted by atomic mass is 9.71. The lowest BCUT2D eigenvalue weighted by molar-refractivity contribution is -0.124. The predicted octanol–water partition coefficient (Wildman–Crippen LogP) is 3.13. The summed E-state index contributed by atoms with van der Waals surface area (Å²) in [6.45, 7) is 7.86. The summed E-state index contributed by atoms with van der Waals surface area (Å²) >= 11 is 1.68. The van der Waals surface area contributed by atoms with Crippen LogP contribution in [0.15, 0.2) is 11.7 Å². The number of nitrogens with one attached hydrogen (secondary N) is 1. The van der Waals surface area contributed by atoms with Crippen molar-refractivity contribution in [3.05, 3.63) is 22.4 Å². The molecule has 0 saturated heterocycles. The molecule has 0 atom stereocenters. The Morgan fingerprint density at radius 1 is 1.30 bits per heavy atom. The molecule has 8 heteroatoms. The van der Waals surface area contributed by atoms with Crippen molar-refractivity contribution in [1.29, 1.82) is 0 Å². The molecule has 2 heterocycles. The van der Waals surface area contributed by atoms with Crippen LogP contribution in [0, 0.1) is 5.41 Å². The van der Waals surface area contributed by atoms with Crippen molar-refractivity contribution in [1.82, 2.24) is 30.5 Å². The Labute approximate surface area is 165 Å². The molecule has 0 radical (unpaired) electrons. The normalized spacial score (nSPS) is 17.0. The molecule has 0 aliphatic heterocycles. The maximum absolute atomic E-state index is 12.6. The third kappa shape index (κ3) is 5.57. The fourth-order valence-electron chi connectivity index (χ4n) is 3.77. The van der Waals surface area contributed by atoms with Gasteiger partial charge in [0.05, 0.1) is 17.2 Å². The fourth-order valence-corrected chi connectivity index (χ4v) is 4.80. The van der Waals surface area contributed by atoms with Crippen LogP contribution in [0.4, 0.5) is 0 Å². The van der Waals surface area contributed by atoms with Crippen molar-refractivity contribution in [2.24, 2.45) is 5.41 Å². The molecule has 27 heavy (non-hydrogen) atoms. The number of rotatable bonds is 7. The molecule has 0 spiro atoms. The maximum Gasteiger partial charge on any atom is 0.220 e. The summed E-state index contributed by atoms with van der Waals surface area (Å²) in [6.07, 6.45) is 8.67. The zero-order valence-corrected chi connectivity index (χ0v) is 17.4. The van der Waals surface area contributed by atoms with E-state index in [1.807, 2.05) is 0 Å². The second kappa shape index (κ2) is 8.46. The van der Waals surface area contributed by atoms with Crippen molar-refractivity contribution < 1.29 is 4.79 Å². The van der Waals surface area contributed by atoms with Gasteiger partial charge in [-0.15, -0.1) is 16.4 Å². The Morgan fingerprint density at radius 3 is 2.70 bits per heavy atom. The van der Waals surface area contributed by atoms with Crippen LogP contribution in [0.25, 0.3) is 0 Å². The molecule has 7 nitrogen and oxygen atoms in total. The molecule has 0 unspecified atom stereocenters. The standard InChI is InChI=1S/C19H30N6OS/c1-18(2,3)15-12-27-17(22-15)7-10-20-16(26)11-19(8-5-4-6-9-19)13-25-14-21-23-24-25/h12,14H,4-11,13H2,1-3H3,(H,20,26). The first-order valence-electron chi connectivity index (χ1n) is 9.79. The number of carbonyl (C=O) groups excluding carboxylic acids is 1. The molecule has 0 bridgehead atoms. The van der Waals surface area contributed by atoms with Gasteiger partial charge in [0, 0.05) is 30.2 Å². The molecular weight excluding hydrogens is 360 g/mol. The van der Waals surface area contributed by atoms with Crippen LogP contribution < -0.4 is 5.32 Å². The van der Waals surface area contributed by atoms with E-state index in [4.69, 9.17) is 4.98 Å². The third-order valence-electron chi connectivity index (χ3n) is 5.32. The first-order chi connectivity index (χ1) is 12.9. The van der Waals surface area contributed by atoms with Crippen molar-refractivity contribution >= 4 is 17.2 Å². The Morgan fingerprint density at radius 2 is 2.07 bits per heavy atom. The van der Waals surface area contributed by atoms with Crippen molar-refractivity contribution in [2.45, 2.75) is 77.7 Å². The van der Waals surface area contributed by atoms with Crippen LogP contribution in [0.3, 0.4) is 0 Å². The van der Waals surface area contributed by atoms with Gasteiger partial charge in [-0.2, -0.15) is 0 Å². The molecule has 1 N–H and O–H groups in total. The molecule has 1 fully saturated rings. The quantitative estimate of drug-likeness (QED) is 0.785. The average Bonchev–Trinajstić information content (AvgIpc) is 3.27. The number of hydrogen-bond donors (Lipinski definition) is 1. The topological polar surface area (TPSA) is 85.6 Å². The number of aromatic nitrogens is 5. The zero-order valence-electron chi connectivity index (χ0n) is 16.6. The Balaban J connectivity index is 1.51. The fraction of sp³-hybridized carbons (Fsp3) is 0.737. The van der Waals surface area contributed by atoms with Gasteiger partial charge in [-0.05, 0) is 28.7 Å². The second-order valence-corrected chi connectivity index (χ2v) is 9.66. The summed E-state index contributed by atoms with van der Waals surface area (Å²) in [5.41, 5.74) is 1.16. The highest BCUT2D eigenvalue weighted by Crippen LogP contribution is 2.40. The van der Waals surface area contributed by atoms with Crippen molar-refractivity contribution in [3.8, 4) is 0 Å². The summed E-state index contributed by atoms with van der Waals surface area (Å²) in [6, 6.07) is 0. The van der Waals surface area contributed by atoms with Gasteiger partial charge >= 0.3 is 0 Å². The number of tetrazole rings is 1. The summed E-state index contributed by atoms with van der Waals surface area (Å²) < 4.78 is 1.77.